The molecule has 0 aliphatic heterocycles. The Morgan fingerprint density at radius 2 is 0.868 bits per heavy atom. The molecule has 0 bridgehead atoms. The summed E-state index contributed by atoms with van der Waals surface area (Å²) in [5, 5.41) is 0. The summed E-state index contributed by atoms with van der Waals surface area (Å²) < 4.78 is 58.3. The van der Waals surface area contributed by atoms with Crippen LogP contribution in [0, 0.1) is 13.8 Å². The van der Waals surface area contributed by atoms with Gasteiger partial charge in [-0.3, -0.25) is 19.0 Å². The highest BCUT2D eigenvalue weighted by atomic mass is 32.2. The Bertz CT molecular complexity index is 1690. The zero-order valence-electron chi connectivity index (χ0n) is 20.3. The lowest BCUT2D eigenvalue weighted by atomic mass is 9.84. The van der Waals surface area contributed by atoms with Gasteiger partial charge in [0.25, 0.3) is 20.0 Å². The van der Waals surface area contributed by atoms with Crippen molar-refractivity contribution in [2.75, 3.05) is 9.44 Å². The highest BCUT2D eigenvalue weighted by molar-refractivity contribution is 7.93. The molecule has 8 nitrogen and oxygen atoms in total. The summed E-state index contributed by atoms with van der Waals surface area (Å²) in [4.78, 5) is 26.4. The number of fused-ring (bicyclic) bond motifs is 2. The number of hydrogen-bond acceptors (Lipinski definition) is 6. The smallest absolute Gasteiger partial charge is 0.262 e. The minimum atomic E-state index is -4.32. The highest BCUT2D eigenvalue weighted by Crippen LogP contribution is 2.35. The predicted molar refractivity (Wildman–Crippen MR) is 144 cm³/mol. The van der Waals surface area contributed by atoms with Crippen molar-refractivity contribution in [3.8, 4) is 0 Å². The van der Waals surface area contributed by atoms with Crippen molar-refractivity contribution in [2.45, 2.75) is 23.6 Å². The second-order valence-electron chi connectivity index (χ2n) is 8.96. The van der Waals surface area contributed by atoms with Crippen LogP contribution in [0.3, 0.4) is 0 Å². The molecule has 4 aromatic rings. The molecule has 0 fully saturated rings. The minimum absolute atomic E-state index is 0.115. The topological polar surface area (TPSA) is 126 Å². The zero-order chi connectivity index (χ0) is 27.2. The Balaban J connectivity index is 1.62. The maximum Gasteiger partial charge on any atom is 0.262 e. The first-order valence-electron chi connectivity index (χ1n) is 11.5. The fraction of sp³-hybridized carbons (Fsp3) is 0.0714. The lowest BCUT2D eigenvalue weighted by Gasteiger charge is -2.22. The SMILES string of the molecule is Cc1ccc(NS(=O)(=O)c2cccc3c2C(=O)c2c(cccc2S(=O)(=O)Nc2ccc(C)cc2)C3=O)cc1. The molecule has 0 unspecified atom stereocenters. The van der Waals surface area contributed by atoms with Gasteiger partial charge in [-0.15, -0.1) is 0 Å². The van der Waals surface area contributed by atoms with Crippen molar-refractivity contribution >= 4 is 43.0 Å². The molecule has 0 amide bonds. The van der Waals surface area contributed by atoms with Crippen molar-refractivity contribution in [2.24, 2.45) is 0 Å². The third-order valence-electron chi connectivity index (χ3n) is 6.18. The van der Waals surface area contributed by atoms with Gasteiger partial charge in [-0.1, -0.05) is 59.7 Å². The number of anilines is 2. The molecule has 5 rings (SSSR count). The van der Waals surface area contributed by atoms with Gasteiger partial charge in [0.1, 0.15) is 0 Å². The van der Waals surface area contributed by atoms with E-state index in [4.69, 9.17) is 0 Å². The Hall–Kier alpha value is -4.28. The Morgan fingerprint density at radius 3 is 1.24 bits per heavy atom. The number of carbonyl (C=O) groups excluding carboxylic acids is 2. The summed E-state index contributed by atoms with van der Waals surface area (Å²) in [5.74, 6) is -1.52. The van der Waals surface area contributed by atoms with E-state index in [1.807, 2.05) is 13.8 Å². The largest absolute Gasteiger partial charge is 0.289 e. The third kappa shape index (κ3) is 4.48. The molecule has 0 radical (unpaired) electrons. The van der Waals surface area contributed by atoms with Crippen LogP contribution < -0.4 is 9.44 Å². The van der Waals surface area contributed by atoms with Crippen molar-refractivity contribution < 1.29 is 26.4 Å². The Morgan fingerprint density at radius 1 is 0.500 bits per heavy atom. The molecule has 0 atom stereocenters. The van der Waals surface area contributed by atoms with Crippen molar-refractivity contribution in [1.82, 2.24) is 0 Å². The number of benzene rings is 4. The number of carbonyl (C=O) groups is 2. The van der Waals surface area contributed by atoms with E-state index in [-0.39, 0.29) is 33.6 Å². The Labute approximate surface area is 220 Å². The molecule has 0 aromatic heterocycles. The fourth-order valence-electron chi connectivity index (χ4n) is 4.29. The molecule has 2 N–H and O–H groups in total. The molecule has 192 valence electrons. The molecule has 4 aromatic carbocycles. The average Bonchev–Trinajstić information content (AvgIpc) is 2.89. The number of aryl methyl sites for hydroxylation is 2. The minimum Gasteiger partial charge on any atom is -0.289 e. The molecule has 1 aliphatic rings. The van der Waals surface area contributed by atoms with E-state index in [1.54, 1.807) is 48.5 Å². The van der Waals surface area contributed by atoms with Crippen LogP contribution >= 0.6 is 0 Å². The summed E-state index contributed by atoms with van der Waals surface area (Å²) in [6.45, 7) is 3.71. The summed E-state index contributed by atoms with van der Waals surface area (Å²) >= 11 is 0. The number of sulfonamides is 2. The quantitative estimate of drug-likeness (QED) is 0.318. The number of hydrogen-bond donors (Lipinski definition) is 2. The van der Waals surface area contributed by atoms with Crippen molar-refractivity contribution in [1.29, 1.82) is 0 Å². The zero-order valence-corrected chi connectivity index (χ0v) is 22.0. The molecule has 0 heterocycles. The fourth-order valence-corrected chi connectivity index (χ4v) is 6.86. The third-order valence-corrected chi connectivity index (χ3v) is 9.03. The molecule has 0 saturated heterocycles. The normalized spacial score (nSPS) is 13.0. The van der Waals surface area contributed by atoms with Gasteiger partial charge in [-0.05, 0) is 50.2 Å². The second kappa shape index (κ2) is 9.23. The van der Waals surface area contributed by atoms with Gasteiger partial charge in [-0.2, -0.15) is 0 Å². The van der Waals surface area contributed by atoms with Gasteiger partial charge in [-0.25, -0.2) is 16.8 Å². The standard InChI is InChI=1S/C28H22N2O6S2/c1-17-9-13-19(14-10-17)29-37(33,34)23-7-3-5-21-25(23)28(32)26-22(27(21)31)6-4-8-24(26)38(35,36)30-20-15-11-18(2)12-16-20/h3-16,29-30H,1-2H3. The highest BCUT2D eigenvalue weighted by Gasteiger charge is 2.38. The molecular weight excluding hydrogens is 524 g/mol. The van der Waals surface area contributed by atoms with Crippen LogP contribution in [-0.4, -0.2) is 28.4 Å². The van der Waals surface area contributed by atoms with Gasteiger partial charge in [0.15, 0.2) is 11.6 Å². The predicted octanol–water partition coefficient (Wildman–Crippen LogP) is 4.68. The van der Waals surface area contributed by atoms with Crippen LogP contribution in [0.5, 0.6) is 0 Å². The van der Waals surface area contributed by atoms with Gasteiger partial charge in [0.05, 0.1) is 20.9 Å². The van der Waals surface area contributed by atoms with Crippen LogP contribution in [0.25, 0.3) is 0 Å². The van der Waals surface area contributed by atoms with E-state index in [2.05, 4.69) is 9.44 Å². The molecule has 0 spiro atoms. The van der Waals surface area contributed by atoms with Gasteiger partial charge < -0.3 is 0 Å². The molecule has 10 heteroatoms. The average molecular weight is 547 g/mol. The van der Waals surface area contributed by atoms with Gasteiger partial charge in [0.2, 0.25) is 0 Å². The second-order valence-corrected chi connectivity index (χ2v) is 12.3. The van der Waals surface area contributed by atoms with Gasteiger partial charge in [0, 0.05) is 22.5 Å². The van der Waals surface area contributed by atoms with E-state index in [9.17, 15) is 26.4 Å². The van der Waals surface area contributed by atoms with E-state index in [1.165, 1.54) is 36.4 Å². The number of ketones is 2. The lowest BCUT2D eigenvalue weighted by molar-refractivity contribution is 0.0974. The molecule has 0 saturated carbocycles. The summed E-state index contributed by atoms with van der Waals surface area (Å²) in [6, 6.07) is 21.1. The Kier molecular flexibility index (Phi) is 6.16. The van der Waals surface area contributed by atoms with E-state index in [0.717, 1.165) is 11.1 Å². The van der Waals surface area contributed by atoms with E-state index >= 15 is 0 Å². The first-order chi connectivity index (χ1) is 18.0. The molecular formula is C28H22N2O6S2. The molecule has 1 aliphatic carbocycles. The van der Waals surface area contributed by atoms with Crippen LogP contribution in [-0.2, 0) is 20.0 Å². The molecule has 38 heavy (non-hydrogen) atoms. The van der Waals surface area contributed by atoms with E-state index < -0.39 is 41.4 Å². The number of nitrogens with one attached hydrogen (secondary N) is 2. The first kappa shape index (κ1) is 25.4. The van der Waals surface area contributed by atoms with Crippen LogP contribution in [0.1, 0.15) is 43.0 Å². The summed E-state index contributed by atoms with van der Waals surface area (Å²) in [5.41, 5.74) is 1.42. The maximum atomic E-state index is 13.8. The van der Waals surface area contributed by atoms with E-state index in [0.29, 0.717) is 0 Å². The van der Waals surface area contributed by atoms with Crippen LogP contribution in [0.4, 0.5) is 11.4 Å². The van der Waals surface area contributed by atoms with Crippen molar-refractivity contribution in [3.05, 3.63) is 118 Å². The first-order valence-corrected chi connectivity index (χ1v) is 14.5. The lowest BCUT2D eigenvalue weighted by Crippen LogP contribution is -2.28. The maximum absolute atomic E-state index is 13.8. The number of rotatable bonds is 6. The summed E-state index contributed by atoms with van der Waals surface area (Å²) in [7, 11) is -8.63. The monoisotopic (exact) mass is 546 g/mol. The van der Waals surface area contributed by atoms with Crippen molar-refractivity contribution in [3.63, 3.8) is 0 Å². The van der Waals surface area contributed by atoms with Gasteiger partial charge >= 0.3 is 0 Å². The van der Waals surface area contributed by atoms with Crippen LogP contribution in [0.2, 0.25) is 0 Å². The van der Waals surface area contributed by atoms with Crippen LogP contribution in [0.15, 0.2) is 94.7 Å². The summed E-state index contributed by atoms with van der Waals surface area (Å²) in [6.07, 6.45) is 0.